The average Bonchev–Trinajstić information content (AvgIpc) is 3.38. The van der Waals surface area contributed by atoms with Crippen LogP contribution in [0.4, 0.5) is 0 Å². The molecule has 3 aromatic rings. The number of carbonyl (C=O) groups excluding carboxylic acids is 1. The Balaban J connectivity index is 1.38. The summed E-state index contributed by atoms with van der Waals surface area (Å²) in [5.74, 6) is 2.51. The molecule has 0 atom stereocenters. The van der Waals surface area contributed by atoms with Crippen molar-refractivity contribution in [2.75, 3.05) is 6.73 Å². The highest BCUT2D eigenvalue weighted by molar-refractivity contribution is 6.13. The first-order valence-corrected chi connectivity index (χ1v) is 9.89. The summed E-state index contributed by atoms with van der Waals surface area (Å²) in [5, 5.41) is 0. The molecule has 150 valence electrons. The smallest absolute Gasteiger partial charge is 0.231 e. The molecule has 0 saturated carbocycles. The summed E-state index contributed by atoms with van der Waals surface area (Å²) in [6.07, 6.45) is 7.17. The predicted octanol–water partition coefficient (Wildman–Crippen LogP) is 5.11. The molecule has 3 heterocycles. The normalized spacial score (nSPS) is 17.1. The number of ether oxygens (including phenoxy) is 2. The summed E-state index contributed by atoms with van der Waals surface area (Å²) < 4.78 is 17.4. The number of carbonyl (C=O) groups is 1. The average molecular weight is 399 g/mol. The summed E-state index contributed by atoms with van der Waals surface area (Å²) in [5.41, 5.74) is 3.51. The zero-order valence-corrected chi connectivity index (χ0v) is 16.6. The van der Waals surface area contributed by atoms with Crippen LogP contribution in [0, 0.1) is 6.92 Å². The number of hydrogen-bond acceptors (Lipinski definition) is 5. The highest BCUT2D eigenvalue weighted by atomic mass is 16.5. The van der Waals surface area contributed by atoms with Crippen LogP contribution >= 0.6 is 0 Å². The van der Waals surface area contributed by atoms with E-state index in [0.29, 0.717) is 36.9 Å². The van der Waals surface area contributed by atoms with Crippen molar-refractivity contribution in [1.82, 2.24) is 4.90 Å². The van der Waals surface area contributed by atoms with E-state index in [4.69, 9.17) is 13.9 Å². The molecule has 0 amide bonds. The summed E-state index contributed by atoms with van der Waals surface area (Å²) >= 11 is 0. The Labute approximate surface area is 174 Å². The fourth-order valence-electron chi connectivity index (χ4n) is 3.85. The van der Waals surface area contributed by atoms with Gasteiger partial charge in [-0.3, -0.25) is 9.69 Å². The highest BCUT2D eigenvalue weighted by Gasteiger charge is 2.33. The van der Waals surface area contributed by atoms with Crippen molar-refractivity contribution in [3.63, 3.8) is 0 Å². The van der Waals surface area contributed by atoms with E-state index in [1.807, 2.05) is 67.6 Å². The minimum absolute atomic E-state index is 0.100. The van der Waals surface area contributed by atoms with Crippen LogP contribution in [0.2, 0.25) is 0 Å². The molecule has 1 aromatic heterocycles. The lowest BCUT2D eigenvalue weighted by Gasteiger charge is -2.29. The maximum absolute atomic E-state index is 12.9. The van der Waals surface area contributed by atoms with Crippen LogP contribution in [0.15, 0.2) is 77.1 Å². The van der Waals surface area contributed by atoms with Crippen molar-refractivity contribution in [2.45, 2.75) is 20.0 Å². The Morgan fingerprint density at radius 3 is 2.77 bits per heavy atom. The first-order valence-electron chi connectivity index (χ1n) is 9.89. The second kappa shape index (κ2) is 7.69. The van der Waals surface area contributed by atoms with Crippen molar-refractivity contribution in [2.24, 2.45) is 0 Å². The molecule has 0 spiro atoms. The second-order valence-electron chi connectivity index (χ2n) is 7.44. The van der Waals surface area contributed by atoms with E-state index in [9.17, 15) is 4.79 Å². The molecule has 0 saturated heterocycles. The molecule has 0 radical (unpaired) electrons. The maximum atomic E-state index is 12.9. The van der Waals surface area contributed by atoms with E-state index in [0.717, 1.165) is 28.2 Å². The molecule has 2 aliphatic rings. The van der Waals surface area contributed by atoms with Gasteiger partial charge in [0.1, 0.15) is 24.0 Å². The van der Waals surface area contributed by atoms with Gasteiger partial charge in [-0.25, -0.2) is 0 Å². The Hall–Kier alpha value is -3.57. The minimum Gasteiger partial charge on any atom is -0.477 e. The third-order valence-corrected chi connectivity index (χ3v) is 5.30. The van der Waals surface area contributed by atoms with Gasteiger partial charge in [0.05, 0.1) is 18.4 Å². The van der Waals surface area contributed by atoms with Crippen molar-refractivity contribution >= 4 is 11.9 Å². The molecule has 30 heavy (non-hydrogen) atoms. The van der Waals surface area contributed by atoms with Crippen LogP contribution in [0.1, 0.15) is 32.8 Å². The molecule has 2 aliphatic heterocycles. The Morgan fingerprint density at radius 2 is 1.97 bits per heavy atom. The predicted molar refractivity (Wildman–Crippen MR) is 113 cm³/mol. The number of ketones is 1. The van der Waals surface area contributed by atoms with Gasteiger partial charge < -0.3 is 13.9 Å². The van der Waals surface area contributed by atoms with Crippen LogP contribution in [-0.4, -0.2) is 17.4 Å². The van der Waals surface area contributed by atoms with Crippen molar-refractivity contribution in [1.29, 1.82) is 0 Å². The first kappa shape index (κ1) is 18.5. The quantitative estimate of drug-likeness (QED) is 0.571. The van der Waals surface area contributed by atoms with E-state index in [2.05, 4.69) is 4.90 Å². The van der Waals surface area contributed by atoms with E-state index >= 15 is 0 Å². The summed E-state index contributed by atoms with van der Waals surface area (Å²) in [6, 6.07) is 15.7. The van der Waals surface area contributed by atoms with Gasteiger partial charge in [-0.05, 0) is 36.8 Å². The van der Waals surface area contributed by atoms with E-state index in [1.54, 1.807) is 12.3 Å². The number of allylic oxidation sites excluding steroid dienone is 3. The Kier molecular flexibility index (Phi) is 4.73. The molecular weight excluding hydrogens is 378 g/mol. The van der Waals surface area contributed by atoms with Crippen LogP contribution in [0.3, 0.4) is 0 Å². The van der Waals surface area contributed by atoms with Gasteiger partial charge in [-0.15, -0.1) is 0 Å². The van der Waals surface area contributed by atoms with Gasteiger partial charge in [0.25, 0.3) is 0 Å². The lowest BCUT2D eigenvalue weighted by atomic mass is 10.00. The number of nitrogens with zero attached hydrogens (tertiary/aromatic N) is 1. The van der Waals surface area contributed by atoms with Crippen LogP contribution < -0.4 is 9.47 Å². The lowest BCUT2D eigenvalue weighted by molar-refractivity contribution is 0.0813. The zero-order chi connectivity index (χ0) is 20.5. The molecule has 5 rings (SSSR count). The van der Waals surface area contributed by atoms with Crippen molar-refractivity contribution in [3.05, 3.63) is 101 Å². The number of fused-ring (bicyclic) bond motifs is 2. The minimum atomic E-state index is -0.100. The number of Topliss-reactive ketones (excluding diaryl/α,β-unsaturated/α-hetero) is 1. The summed E-state index contributed by atoms with van der Waals surface area (Å²) in [7, 11) is 0. The molecule has 0 bridgehead atoms. The highest BCUT2D eigenvalue weighted by Crippen LogP contribution is 2.43. The molecule has 0 unspecified atom stereocenters. The van der Waals surface area contributed by atoms with Crippen LogP contribution in [0.25, 0.3) is 6.08 Å². The fourth-order valence-corrected chi connectivity index (χ4v) is 3.85. The number of hydrogen-bond donors (Lipinski definition) is 0. The zero-order valence-electron chi connectivity index (χ0n) is 16.6. The van der Waals surface area contributed by atoms with Gasteiger partial charge in [0.2, 0.25) is 5.78 Å². The van der Waals surface area contributed by atoms with E-state index in [1.165, 1.54) is 0 Å². The van der Waals surface area contributed by atoms with Crippen molar-refractivity contribution in [3.8, 4) is 11.5 Å². The standard InChI is InChI=1S/C25H21NO4/c1-17-24-19(14-26(16-29-24)15-20-10-6-12-28-20)13-21-23(27)22(30-25(17)21)11-5-9-18-7-3-2-4-8-18/h2-13H,14-16H2,1H3/b9-5+,22-11-. The largest absolute Gasteiger partial charge is 0.477 e. The van der Waals surface area contributed by atoms with Crippen molar-refractivity contribution < 1.29 is 18.7 Å². The number of rotatable bonds is 4. The number of furan rings is 1. The first-order chi connectivity index (χ1) is 14.7. The molecule has 5 heteroatoms. The topological polar surface area (TPSA) is 51.9 Å². The molecular formula is C25H21NO4. The summed E-state index contributed by atoms with van der Waals surface area (Å²) in [4.78, 5) is 15.0. The summed E-state index contributed by atoms with van der Waals surface area (Å²) in [6.45, 7) is 3.74. The van der Waals surface area contributed by atoms with E-state index < -0.39 is 0 Å². The Morgan fingerprint density at radius 1 is 1.10 bits per heavy atom. The molecule has 0 fully saturated rings. The maximum Gasteiger partial charge on any atom is 0.231 e. The second-order valence-corrected chi connectivity index (χ2v) is 7.44. The monoisotopic (exact) mass is 399 g/mol. The molecule has 0 aliphatic carbocycles. The third-order valence-electron chi connectivity index (χ3n) is 5.30. The van der Waals surface area contributed by atoms with E-state index in [-0.39, 0.29) is 5.78 Å². The third kappa shape index (κ3) is 3.44. The number of benzene rings is 2. The molecule has 5 nitrogen and oxygen atoms in total. The van der Waals surface area contributed by atoms with Gasteiger partial charge >= 0.3 is 0 Å². The van der Waals surface area contributed by atoms with Gasteiger partial charge in [-0.1, -0.05) is 42.5 Å². The SMILES string of the molecule is Cc1c2c(cc3c1O/C(=C\C=C\c1ccccc1)C3=O)CN(Cc1ccco1)CO2. The Bertz CT molecular complexity index is 1140. The molecule has 2 aromatic carbocycles. The lowest BCUT2D eigenvalue weighted by Crippen LogP contribution is -2.31. The van der Waals surface area contributed by atoms with Crippen LogP contribution in [0.5, 0.6) is 11.5 Å². The van der Waals surface area contributed by atoms with Gasteiger partial charge in [-0.2, -0.15) is 0 Å². The van der Waals surface area contributed by atoms with Gasteiger partial charge in [0, 0.05) is 17.7 Å². The fraction of sp³-hybridized carbons (Fsp3) is 0.160. The van der Waals surface area contributed by atoms with Crippen LogP contribution in [-0.2, 0) is 13.1 Å². The van der Waals surface area contributed by atoms with Gasteiger partial charge in [0.15, 0.2) is 5.76 Å². The molecule has 0 N–H and O–H groups in total.